The first-order valence-electron chi connectivity index (χ1n) is 7.52. The predicted octanol–water partition coefficient (Wildman–Crippen LogP) is 0.992. The highest BCUT2D eigenvalue weighted by Gasteiger charge is 2.78. The summed E-state index contributed by atoms with van der Waals surface area (Å²) in [6.45, 7) is 7.38. The van der Waals surface area contributed by atoms with Gasteiger partial charge in [-0.2, -0.15) is 0 Å². The van der Waals surface area contributed by atoms with Gasteiger partial charge in [0, 0.05) is 0 Å². The van der Waals surface area contributed by atoms with Crippen LogP contribution >= 0.6 is 0 Å². The Kier molecular flexibility index (Phi) is 2.99. The lowest BCUT2D eigenvalue weighted by atomic mass is 9.54. The van der Waals surface area contributed by atoms with Crippen LogP contribution in [0.25, 0.3) is 0 Å². The molecule has 5 nitrogen and oxygen atoms in total. The van der Waals surface area contributed by atoms with Crippen LogP contribution in [-0.2, 0) is 14.3 Å². The summed E-state index contributed by atoms with van der Waals surface area (Å²) in [6, 6.07) is 0. The van der Waals surface area contributed by atoms with Crippen molar-refractivity contribution in [3.05, 3.63) is 0 Å². The maximum atomic E-state index is 12.7. The highest BCUT2D eigenvalue weighted by atomic mass is 16.6. The number of nitrogens with one attached hydrogen (secondary N) is 1. The largest absolute Gasteiger partial charge is 0.459 e. The van der Waals surface area contributed by atoms with Crippen LogP contribution in [0.5, 0.6) is 0 Å². The van der Waals surface area contributed by atoms with Gasteiger partial charge < -0.3 is 19.9 Å². The SMILES string of the molecule is CC(C)(C)OC(=O)C12CC(CO)(C1)OC21CCNCC1. The maximum Gasteiger partial charge on any atom is 0.315 e. The van der Waals surface area contributed by atoms with Crippen LogP contribution < -0.4 is 5.32 Å². The zero-order valence-corrected chi connectivity index (χ0v) is 12.6. The molecule has 20 heavy (non-hydrogen) atoms. The zero-order valence-electron chi connectivity index (χ0n) is 12.6. The number of carbonyl (C=O) groups is 1. The van der Waals surface area contributed by atoms with Crippen molar-refractivity contribution in [1.82, 2.24) is 5.32 Å². The van der Waals surface area contributed by atoms with Gasteiger partial charge >= 0.3 is 5.97 Å². The summed E-state index contributed by atoms with van der Waals surface area (Å²) >= 11 is 0. The fourth-order valence-electron chi connectivity index (χ4n) is 4.22. The Balaban J connectivity index is 1.88. The first-order chi connectivity index (χ1) is 9.27. The Bertz CT molecular complexity index is 414. The van der Waals surface area contributed by atoms with Crippen LogP contribution in [0.1, 0.15) is 46.5 Å². The number of aliphatic hydroxyl groups is 1. The lowest BCUT2D eigenvalue weighted by Gasteiger charge is -2.47. The molecule has 4 aliphatic rings. The second-order valence-corrected chi connectivity index (χ2v) is 7.63. The number of aliphatic hydroxyl groups excluding tert-OH is 1. The van der Waals surface area contributed by atoms with Crippen molar-refractivity contribution in [3.8, 4) is 0 Å². The van der Waals surface area contributed by atoms with Crippen LogP contribution in [0.15, 0.2) is 0 Å². The summed E-state index contributed by atoms with van der Waals surface area (Å²) in [4.78, 5) is 12.7. The molecule has 0 atom stereocenters. The summed E-state index contributed by atoms with van der Waals surface area (Å²) in [5.41, 5.74) is -1.98. The molecule has 0 amide bonds. The average molecular weight is 283 g/mol. The standard InChI is InChI=1S/C15H25NO4/c1-12(2,3)19-11(18)14-8-13(9-14,10-17)20-15(14)4-6-16-7-5-15/h16-17H,4-10H2,1-3H3. The molecule has 1 aliphatic carbocycles. The normalized spacial score (nSPS) is 38.6. The number of ether oxygens (including phenoxy) is 2. The zero-order chi connectivity index (χ0) is 14.6. The highest BCUT2D eigenvalue weighted by molar-refractivity contribution is 5.82. The van der Waals surface area contributed by atoms with Crippen molar-refractivity contribution in [2.75, 3.05) is 19.7 Å². The third-order valence-electron chi connectivity index (χ3n) is 5.02. The Morgan fingerprint density at radius 3 is 2.40 bits per heavy atom. The lowest BCUT2D eigenvalue weighted by Crippen LogP contribution is -2.59. The van der Waals surface area contributed by atoms with E-state index >= 15 is 0 Å². The quantitative estimate of drug-likeness (QED) is 0.740. The van der Waals surface area contributed by atoms with Gasteiger partial charge in [0.1, 0.15) is 11.0 Å². The second kappa shape index (κ2) is 4.18. The van der Waals surface area contributed by atoms with E-state index in [1.54, 1.807) is 0 Å². The first kappa shape index (κ1) is 14.3. The molecule has 1 saturated carbocycles. The summed E-state index contributed by atoms with van der Waals surface area (Å²) < 4.78 is 11.9. The van der Waals surface area contributed by atoms with Gasteiger partial charge in [-0.1, -0.05) is 0 Å². The predicted molar refractivity (Wildman–Crippen MR) is 73.2 cm³/mol. The van der Waals surface area contributed by atoms with Crippen LogP contribution in [-0.4, -0.2) is 47.6 Å². The Hall–Kier alpha value is -0.650. The van der Waals surface area contributed by atoms with Gasteiger partial charge in [0.05, 0.1) is 17.8 Å². The number of rotatable bonds is 2. The van der Waals surface area contributed by atoms with Gasteiger partial charge in [0.25, 0.3) is 0 Å². The summed E-state index contributed by atoms with van der Waals surface area (Å²) in [5, 5.41) is 12.9. The van der Waals surface area contributed by atoms with Gasteiger partial charge in [0.15, 0.2) is 0 Å². The number of hydrogen-bond acceptors (Lipinski definition) is 5. The molecule has 3 aliphatic heterocycles. The molecule has 0 aromatic carbocycles. The number of esters is 1. The van der Waals surface area contributed by atoms with E-state index in [9.17, 15) is 9.90 Å². The monoisotopic (exact) mass is 283 g/mol. The summed E-state index contributed by atoms with van der Waals surface area (Å²) in [5.74, 6) is -0.145. The Morgan fingerprint density at radius 1 is 1.30 bits per heavy atom. The number of hydrogen-bond donors (Lipinski definition) is 2. The molecule has 4 fully saturated rings. The van der Waals surface area contributed by atoms with E-state index in [0.29, 0.717) is 12.8 Å². The minimum atomic E-state index is -0.550. The molecule has 3 heterocycles. The van der Waals surface area contributed by atoms with E-state index in [1.807, 2.05) is 20.8 Å². The van der Waals surface area contributed by atoms with Crippen molar-refractivity contribution in [2.24, 2.45) is 5.41 Å². The van der Waals surface area contributed by atoms with Crippen molar-refractivity contribution >= 4 is 5.97 Å². The molecule has 4 rings (SSSR count). The molecule has 2 bridgehead atoms. The highest BCUT2D eigenvalue weighted by Crippen LogP contribution is 2.69. The van der Waals surface area contributed by atoms with Crippen molar-refractivity contribution < 1.29 is 19.4 Å². The van der Waals surface area contributed by atoms with Gasteiger partial charge in [-0.25, -0.2) is 0 Å². The van der Waals surface area contributed by atoms with E-state index in [0.717, 1.165) is 25.9 Å². The lowest BCUT2D eigenvalue weighted by molar-refractivity contribution is -0.178. The Labute approximate surface area is 120 Å². The molecule has 0 unspecified atom stereocenters. The van der Waals surface area contributed by atoms with Gasteiger partial charge in [0.2, 0.25) is 0 Å². The maximum absolute atomic E-state index is 12.7. The molecule has 0 aromatic rings. The minimum absolute atomic E-state index is 0.00722. The van der Waals surface area contributed by atoms with E-state index in [4.69, 9.17) is 9.47 Å². The fourth-order valence-corrected chi connectivity index (χ4v) is 4.22. The molecule has 114 valence electrons. The Morgan fingerprint density at radius 2 is 1.90 bits per heavy atom. The first-order valence-corrected chi connectivity index (χ1v) is 7.52. The van der Waals surface area contributed by atoms with Gasteiger partial charge in [-0.05, 0) is 59.5 Å². The van der Waals surface area contributed by atoms with E-state index in [1.165, 1.54) is 0 Å². The third kappa shape index (κ3) is 1.83. The fraction of sp³-hybridized carbons (Fsp3) is 0.933. The smallest absolute Gasteiger partial charge is 0.315 e. The van der Waals surface area contributed by atoms with Gasteiger partial charge in [-0.3, -0.25) is 4.79 Å². The van der Waals surface area contributed by atoms with Crippen molar-refractivity contribution in [2.45, 2.75) is 63.3 Å². The number of carbonyl (C=O) groups excluding carboxylic acids is 1. The summed E-state index contributed by atoms with van der Waals surface area (Å²) in [7, 11) is 0. The molecular formula is C15H25NO4. The van der Waals surface area contributed by atoms with E-state index < -0.39 is 22.2 Å². The molecule has 2 N–H and O–H groups in total. The van der Waals surface area contributed by atoms with Crippen LogP contribution in [0.2, 0.25) is 0 Å². The molecule has 1 spiro atoms. The summed E-state index contributed by atoms with van der Waals surface area (Å²) in [6.07, 6.45) is 2.83. The van der Waals surface area contributed by atoms with Crippen molar-refractivity contribution in [3.63, 3.8) is 0 Å². The van der Waals surface area contributed by atoms with Crippen LogP contribution in [0, 0.1) is 5.41 Å². The third-order valence-corrected chi connectivity index (χ3v) is 5.02. The van der Waals surface area contributed by atoms with Crippen LogP contribution in [0.4, 0.5) is 0 Å². The number of piperidine rings is 1. The minimum Gasteiger partial charge on any atom is -0.459 e. The molecule has 0 radical (unpaired) electrons. The van der Waals surface area contributed by atoms with Crippen molar-refractivity contribution in [1.29, 1.82) is 0 Å². The topological polar surface area (TPSA) is 67.8 Å². The molecule has 3 saturated heterocycles. The van der Waals surface area contributed by atoms with Crippen LogP contribution in [0.3, 0.4) is 0 Å². The van der Waals surface area contributed by atoms with E-state index in [-0.39, 0.29) is 12.6 Å². The average Bonchev–Trinajstić information content (AvgIpc) is 2.72. The van der Waals surface area contributed by atoms with E-state index in [2.05, 4.69) is 5.32 Å². The molecular weight excluding hydrogens is 258 g/mol. The second-order valence-electron chi connectivity index (χ2n) is 7.63. The molecule has 0 aromatic heterocycles. The van der Waals surface area contributed by atoms with Gasteiger partial charge in [-0.15, -0.1) is 0 Å². The molecule has 5 heteroatoms.